The number of carboxylic acid groups (broad SMARTS) is 1. The van der Waals surface area contributed by atoms with Crippen LogP contribution in [0.2, 0.25) is 0 Å². The molecule has 0 bridgehead atoms. The summed E-state index contributed by atoms with van der Waals surface area (Å²) in [5, 5.41) is 16.0. The lowest BCUT2D eigenvalue weighted by Gasteiger charge is -2.22. The van der Waals surface area contributed by atoms with Crippen LogP contribution in [0, 0.1) is 0 Å². The molecule has 3 rings (SSSR count). The van der Waals surface area contributed by atoms with Crippen molar-refractivity contribution in [2.75, 3.05) is 38.7 Å². The van der Waals surface area contributed by atoms with Crippen molar-refractivity contribution in [1.82, 2.24) is 20.2 Å². The molecule has 0 aliphatic heterocycles. The second-order valence-corrected chi connectivity index (χ2v) is 10.1. The number of methoxy groups -OCH3 is 1. The molecule has 1 atom stereocenters. The molecular weight excluding hydrogens is 522 g/mol. The molecule has 1 amide bonds. The van der Waals surface area contributed by atoms with Crippen LogP contribution < -0.4 is 20.1 Å². The lowest BCUT2D eigenvalue weighted by atomic mass is 10.1. The quantitative estimate of drug-likeness (QED) is 0.179. The predicted octanol–water partition coefficient (Wildman–Crippen LogP) is 5.18. The van der Waals surface area contributed by atoms with Crippen molar-refractivity contribution in [2.24, 2.45) is 0 Å². The van der Waals surface area contributed by atoms with Crippen LogP contribution >= 0.6 is 0 Å². The Kier molecular flexibility index (Phi) is 12.6. The molecule has 3 N–H and O–H groups in total. The summed E-state index contributed by atoms with van der Waals surface area (Å²) in [7, 11) is 1.62. The third kappa shape index (κ3) is 9.89. The largest absolute Gasteiger partial charge is 0.493 e. The molecule has 222 valence electrons. The highest BCUT2D eigenvalue weighted by Gasteiger charge is 2.19. The number of fused-ring (bicyclic) bond motifs is 1. The number of carbonyl (C=O) groups excluding carboxylic acids is 1. The fourth-order valence-corrected chi connectivity index (χ4v) is 4.55. The van der Waals surface area contributed by atoms with Gasteiger partial charge >= 0.3 is 5.97 Å². The highest BCUT2D eigenvalue weighted by atomic mass is 16.5. The minimum absolute atomic E-state index is 0.182. The number of unbranched alkanes of at least 4 members (excludes halogenated alkanes) is 2. The van der Waals surface area contributed by atoms with Gasteiger partial charge in [-0.2, -0.15) is 0 Å². The first-order chi connectivity index (χ1) is 19.8. The summed E-state index contributed by atoms with van der Waals surface area (Å²) in [5.74, 6) is 0.412. The standard InChI is InChI=1S/C31H43N5O5/c1-5-7-14-36(15-8-6-2)16-9-17-41-29-19-25-26(20-28(29)40-4)32-21-33-30(25)35-24-12-10-23(11-13-24)18-27(31(38)39)34-22(3)37/h10-13,19-21,27H,5-9,14-18H2,1-4H3,(H,34,37)(H,38,39)(H,32,33,35). The number of anilines is 2. The Labute approximate surface area is 242 Å². The highest BCUT2D eigenvalue weighted by Crippen LogP contribution is 2.35. The maximum Gasteiger partial charge on any atom is 0.326 e. The summed E-state index contributed by atoms with van der Waals surface area (Å²) < 4.78 is 11.8. The number of hydrogen-bond acceptors (Lipinski definition) is 8. The normalized spacial score (nSPS) is 11.8. The molecule has 0 spiro atoms. The van der Waals surface area contributed by atoms with Crippen LogP contribution in [0.3, 0.4) is 0 Å². The van der Waals surface area contributed by atoms with Crippen molar-refractivity contribution in [2.45, 2.75) is 65.3 Å². The summed E-state index contributed by atoms with van der Waals surface area (Å²) in [6, 6.07) is 10.1. The van der Waals surface area contributed by atoms with E-state index in [4.69, 9.17) is 9.47 Å². The Balaban J connectivity index is 1.70. The first-order valence-electron chi connectivity index (χ1n) is 14.4. The zero-order chi connectivity index (χ0) is 29.6. The summed E-state index contributed by atoms with van der Waals surface area (Å²) in [4.78, 5) is 34.2. The van der Waals surface area contributed by atoms with Crippen molar-refractivity contribution in [1.29, 1.82) is 0 Å². The molecule has 10 nitrogen and oxygen atoms in total. The molecule has 0 saturated carbocycles. The molecule has 0 radical (unpaired) electrons. The van der Waals surface area contributed by atoms with Crippen LogP contribution in [0.5, 0.6) is 11.5 Å². The zero-order valence-electron chi connectivity index (χ0n) is 24.6. The van der Waals surface area contributed by atoms with E-state index in [1.165, 1.54) is 38.9 Å². The number of nitrogens with one attached hydrogen (secondary N) is 2. The summed E-state index contributed by atoms with van der Waals surface area (Å²) in [5.41, 5.74) is 2.28. The van der Waals surface area contributed by atoms with Crippen molar-refractivity contribution < 1.29 is 24.2 Å². The van der Waals surface area contributed by atoms with E-state index < -0.39 is 12.0 Å². The zero-order valence-corrected chi connectivity index (χ0v) is 24.6. The number of carboxylic acids is 1. The number of aromatic nitrogens is 2. The topological polar surface area (TPSA) is 126 Å². The van der Waals surface area contributed by atoms with Crippen LogP contribution in [0.1, 0.15) is 58.4 Å². The van der Waals surface area contributed by atoms with Crippen LogP contribution in [-0.2, 0) is 16.0 Å². The van der Waals surface area contributed by atoms with E-state index in [0.29, 0.717) is 29.4 Å². The predicted molar refractivity (Wildman–Crippen MR) is 161 cm³/mol. The average molecular weight is 566 g/mol. The Hall–Kier alpha value is -3.92. The number of aliphatic carboxylic acids is 1. The van der Waals surface area contributed by atoms with Crippen LogP contribution in [0.15, 0.2) is 42.7 Å². The molecule has 3 aromatic rings. The molecule has 0 saturated heterocycles. The summed E-state index contributed by atoms with van der Waals surface area (Å²) >= 11 is 0. The van der Waals surface area contributed by atoms with Gasteiger partial charge < -0.3 is 30.1 Å². The fourth-order valence-electron chi connectivity index (χ4n) is 4.55. The Morgan fingerprint density at radius 1 is 0.976 bits per heavy atom. The van der Waals surface area contributed by atoms with Gasteiger partial charge in [0.2, 0.25) is 5.91 Å². The van der Waals surface area contributed by atoms with Crippen LogP contribution in [-0.4, -0.2) is 71.2 Å². The second kappa shape index (κ2) is 16.4. The van der Waals surface area contributed by atoms with Gasteiger partial charge in [-0.1, -0.05) is 38.8 Å². The maximum absolute atomic E-state index is 11.5. The first-order valence-corrected chi connectivity index (χ1v) is 14.4. The fraction of sp³-hybridized carbons (Fsp3) is 0.484. The molecule has 0 aliphatic rings. The summed E-state index contributed by atoms with van der Waals surface area (Å²) in [6.07, 6.45) is 7.40. The third-order valence-electron chi connectivity index (χ3n) is 6.78. The molecule has 10 heteroatoms. The third-order valence-corrected chi connectivity index (χ3v) is 6.78. The van der Waals surface area contributed by atoms with Crippen molar-refractivity contribution >= 4 is 34.3 Å². The van der Waals surface area contributed by atoms with E-state index in [2.05, 4.69) is 39.3 Å². The first kappa shape index (κ1) is 31.6. The highest BCUT2D eigenvalue weighted by molar-refractivity contribution is 5.93. The molecule has 0 aliphatic carbocycles. The molecule has 1 aromatic heterocycles. The van der Waals surface area contributed by atoms with Crippen LogP contribution in [0.4, 0.5) is 11.5 Å². The Morgan fingerprint density at radius 2 is 1.66 bits per heavy atom. The van der Waals surface area contributed by atoms with Gasteiger partial charge in [0, 0.05) is 37.0 Å². The van der Waals surface area contributed by atoms with Gasteiger partial charge in [0.25, 0.3) is 0 Å². The second-order valence-electron chi connectivity index (χ2n) is 10.1. The van der Waals surface area contributed by atoms with Crippen LogP contribution in [0.25, 0.3) is 10.9 Å². The number of ether oxygens (including phenoxy) is 2. The van der Waals surface area contributed by atoms with E-state index in [0.717, 1.165) is 42.7 Å². The molecule has 41 heavy (non-hydrogen) atoms. The van der Waals surface area contributed by atoms with E-state index >= 15 is 0 Å². The lowest BCUT2D eigenvalue weighted by Crippen LogP contribution is -2.41. The summed E-state index contributed by atoms with van der Waals surface area (Å²) in [6.45, 7) is 9.57. The van der Waals surface area contributed by atoms with Crippen molar-refractivity contribution in [3.05, 3.63) is 48.3 Å². The molecule has 0 fully saturated rings. The van der Waals surface area contributed by atoms with Gasteiger partial charge in [0.15, 0.2) is 11.5 Å². The smallest absolute Gasteiger partial charge is 0.326 e. The van der Waals surface area contributed by atoms with E-state index in [-0.39, 0.29) is 12.3 Å². The number of hydrogen-bond donors (Lipinski definition) is 3. The van der Waals surface area contributed by atoms with E-state index in [1.54, 1.807) is 7.11 Å². The number of rotatable bonds is 18. The molecule has 1 heterocycles. The Bertz CT molecular complexity index is 1260. The average Bonchev–Trinajstić information content (AvgIpc) is 2.96. The van der Waals surface area contributed by atoms with Gasteiger partial charge in [-0.3, -0.25) is 4.79 Å². The minimum Gasteiger partial charge on any atom is -0.493 e. The van der Waals surface area contributed by atoms with Gasteiger partial charge in [0.05, 0.1) is 19.2 Å². The van der Waals surface area contributed by atoms with Gasteiger partial charge in [-0.15, -0.1) is 0 Å². The van der Waals surface area contributed by atoms with E-state index in [9.17, 15) is 14.7 Å². The van der Waals surface area contributed by atoms with Crippen molar-refractivity contribution in [3.63, 3.8) is 0 Å². The maximum atomic E-state index is 11.5. The van der Waals surface area contributed by atoms with Gasteiger partial charge in [-0.05, 0) is 56.1 Å². The van der Waals surface area contributed by atoms with Gasteiger partial charge in [0.1, 0.15) is 18.2 Å². The molecular formula is C31H43N5O5. The molecule has 2 aromatic carbocycles. The lowest BCUT2D eigenvalue weighted by molar-refractivity contribution is -0.141. The van der Waals surface area contributed by atoms with Crippen molar-refractivity contribution in [3.8, 4) is 11.5 Å². The monoisotopic (exact) mass is 565 g/mol. The van der Waals surface area contributed by atoms with E-state index in [1.807, 2.05) is 36.4 Å². The number of benzene rings is 2. The number of carbonyl (C=O) groups is 2. The Morgan fingerprint density at radius 3 is 2.27 bits per heavy atom. The SMILES string of the molecule is CCCCN(CCCC)CCCOc1cc2c(Nc3ccc(CC(NC(C)=O)C(=O)O)cc3)ncnc2cc1OC. The van der Waals surface area contributed by atoms with Gasteiger partial charge in [-0.25, -0.2) is 14.8 Å². The molecule has 1 unspecified atom stereocenters. The minimum atomic E-state index is -1.08. The number of nitrogens with zero attached hydrogens (tertiary/aromatic N) is 3. The number of amides is 1.